The fraction of sp³-hybridized carbons (Fsp3) is 0. The summed E-state index contributed by atoms with van der Waals surface area (Å²) in [6, 6.07) is 11.5. The lowest BCUT2D eigenvalue weighted by Gasteiger charge is -2.09. The largest absolute Gasteiger partial charge is 0.399 e. The number of halogens is 1. The van der Waals surface area contributed by atoms with Gasteiger partial charge in [0.2, 0.25) is 0 Å². The third-order valence-electron chi connectivity index (χ3n) is 2.88. The molecule has 3 rings (SSSR count). The molecule has 0 unspecified atom stereocenters. The molecular weight excluding hydrogens is 298 g/mol. The second-order valence-corrected chi connectivity index (χ2v) is 6.26. The molecule has 5 nitrogen and oxygen atoms in total. The standard InChI is InChI=1S/C13H10ClN3O2S/c14-10-6-5-8(15)7-11(10)16-13-9-3-1-2-4-12(9)20(18,19)17-13/h1-7H,15H2,(H,16,17). The summed E-state index contributed by atoms with van der Waals surface area (Å²) in [4.78, 5) is 0.183. The lowest BCUT2D eigenvalue weighted by molar-refractivity contribution is 0.599. The van der Waals surface area contributed by atoms with Gasteiger partial charge in [-0.1, -0.05) is 23.7 Å². The zero-order valence-corrected chi connectivity index (χ0v) is 11.7. The minimum atomic E-state index is -3.65. The van der Waals surface area contributed by atoms with E-state index in [1.165, 1.54) is 6.07 Å². The van der Waals surface area contributed by atoms with Crippen molar-refractivity contribution in [3.05, 3.63) is 53.1 Å². The normalized spacial score (nSPS) is 15.6. The molecule has 2 aromatic rings. The first-order chi connectivity index (χ1) is 9.47. The molecule has 3 N–H and O–H groups in total. The van der Waals surface area contributed by atoms with E-state index in [1.807, 2.05) is 0 Å². The van der Waals surface area contributed by atoms with Gasteiger partial charge < -0.3 is 11.1 Å². The van der Waals surface area contributed by atoms with Gasteiger partial charge >= 0.3 is 0 Å². The van der Waals surface area contributed by atoms with Crippen molar-refractivity contribution in [2.24, 2.45) is 4.40 Å². The van der Waals surface area contributed by atoms with Crippen molar-refractivity contribution in [1.29, 1.82) is 0 Å². The summed E-state index contributed by atoms with van der Waals surface area (Å²) in [6.07, 6.45) is 0. The van der Waals surface area contributed by atoms with Crippen molar-refractivity contribution in [2.75, 3.05) is 11.1 Å². The molecule has 102 valence electrons. The maximum Gasteiger partial charge on any atom is 0.285 e. The molecule has 0 aliphatic carbocycles. The fourth-order valence-electron chi connectivity index (χ4n) is 1.96. The lowest BCUT2D eigenvalue weighted by atomic mass is 10.2. The molecule has 1 aliphatic rings. The third kappa shape index (κ3) is 2.13. The second-order valence-electron chi connectivity index (χ2n) is 4.28. The predicted molar refractivity (Wildman–Crippen MR) is 79.7 cm³/mol. The summed E-state index contributed by atoms with van der Waals surface area (Å²) in [5.41, 5.74) is 7.24. The number of sulfonamides is 1. The summed E-state index contributed by atoms with van der Waals surface area (Å²) in [7, 11) is -3.65. The zero-order chi connectivity index (χ0) is 14.3. The quantitative estimate of drug-likeness (QED) is 0.793. The first-order valence-corrected chi connectivity index (χ1v) is 7.55. The molecular formula is C13H10ClN3O2S. The van der Waals surface area contributed by atoms with E-state index in [0.29, 0.717) is 22.0 Å². The molecule has 20 heavy (non-hydrogen) atoms. The highest BCUT2D eigenvalue weighted by Crippen LogP contribution is 2.29. The summed E-state index contributed by atoms with van der Waals surface area (Å²) in [5, 5.41) is 3.35. The van der Waals surface area contributed by atoms with Gasteiger partial charge in [-0.25, -0.2) is 0 Å². The highest BCUT2D eigenvalue weighted by Gasteiger charge is 2.28. The summed E-state index contributed by atoms with van der Waals surface area (Å²) in [5.74, 6) is 0.244. The van der Waals surface area contributed by atoms with Gasteiger partial charge in [-0.2, -0.15) is 8.42 Å². The molecule has 0 spiro atoms. The van der Waals surface area contributed by atoms with Crippen molar-refractivity contribution in [3.63, 3.8) is 0 Å². The van der Waals surface area contributed by atoms with E-state index in [-0.39, 0.29) is 10.7 Å². The van der Waals surface area contributed by atoms with Crippen LogP contribution in [0.1, 0.15) is 5.56 Å². The highest BCUT2D eigenvalue weighted by atomic mass is 35.5. The van der Waals surface area contributed by atoms with Gasteiger partial charge in [-0.3, -0.25) is 0 Å². The molecule has 0 aromatic heterocycles. The van der Waals surface area contributed by atoms with Crippen LogP contribution in [0.3, 0.4) is 0 Å². The summed E-state index contributed by atoms with van der Waals surface area (Å²) in [6.45, 7) is 0. The Balaban J connectivity index is 2.07. The number of nitrogen functional groups attached to an aromatic ring is 1. The van der Waals surface area contributed by atoms with Crippen LogP contribution in [0, 0.1) is 0 Å². The molecule has 2 aromatic carbocycles. The number of fused-ring (bicyclic) bond motifs is 1. The number of anilines is 2. The van der Waals surface area contributed by atoms with Crippen LogP contribution >= 0.6 is 11.6 Å². The van der Waals surface area contributed by atoms with Gasteiger partial charge in [0, 0.05) is 11.3 Å². The van der Waals surface area contributed by atoms with E-state index in [2.05, 4.69) is 9.71 Å². The van der Waals surface area contributed by atoms with Gasteiger partial charge in [0.05, 0.1) is 10.7 Å². The minimum Gasteiger partial charge on any atom is -0.399 e. The van der Waals surface area contributed by atoms with Crippen LogP contribution in [0.4, 0.5) is 11.4 Å². The van der Waals surface area contributed by atoms with Crippen molar-refractivity contribution in [1.82, 2.24) is 0 Å². The van der Waals surface area contributed by atoms with Crippen LogP contribution in [0.25, 0.3) is 0 Å². The lowest BCUT2D eigenvalue weighted by Crippen LogP contribution is -2.11. The zero-order valence-electron chi connectivity index (χ0n) is 10.2. The Labute approximate surface area is 121 Å². The third-order valence-corrected chi connectivity index (χ3v) is 4.54. The van der Waals surface area contributed by atoms with Crippen LogP contribution < -0.4 is 11.1 Å². The van der Waals surface area contributed by atoms with Gasteiger partial charge in [0.25, 0.3) is 10.0 Å². The van der Waals surface area contributed by atoms with Gasteiger partial charge in [-0.15, -0.1) is 4.40 Å². The Hall–Kier alpha value is -2.05. The van der Waals surface area contributed by atoms with E-state index in [9.17, 15) is 8.42 Å². The second kappa shape index (κ2) is 4.50. The number of nitrogens with two attached hydrogens (primary N) is 1. The van der Waals surface area contributed by atoms with E-state index >= 15 is 0 Å². The molecule has 0 bridgehead atoms. The Bertz CT molecular complexity index is 831. The van der Waals surface area contributed by atoms with Crippen LogP contribution in [0.15, 0.2) is 51.8 Å². The first-order valence-electron chi connectivity index (χ1n) is 5.74. The Morgan fingerprint density at radius 2 is 1.90 bits per heavy atom. The number of hydrogen-bond acceptors (Lipinski definition) is 4. The Morgan fingerprint density at radius 1 is 1.15 bits per heavy atom. The van der Waals surface area contributed by atoms with Crippen molar-refractivity contribution >= 4 is 38.8 Å². The smallest absolute Gasteiger partial charge is 0.285 e. The SMILES string of the molecule is Nc1ccc(Cl)c(NC2=NS(=O)(=O)c3ccccc32)c1. The van der Waals surface area contributed by atoms with Gasteiger partial charge in [0.1, 0.15) is 4.90 Å². The average Bonchev–Trinajstić information content (AvgIpc) is 2.66. The fourth-order valence-corrected chi connectivity index (χ4v) is 3.30. The molecule has 0 radical (unpaired) electrons. The van der Waals surface area contributed by atoms with E-state index in [0.717, 1.165) is 0 Å². The molecule has 0 saturated heterocycles. The molecule has 0 saturated carbocycles. The van der Waals surface area contributed by atoms with Gasteiger partial charge in [0.15, 0.2) is 5.84 Å². The van der Waals surface area contributed by atoms with E-state index < -0.39 is 10.0 Å². The van der Waals surface area contributed by atoms with Crippen molar-refractivity contribution < 1.29 is 8.42 Å². The molecule has 0 fully saturated rings. The van der Waals surface area contributed by atoms with Crippen molar-refractivity contribution in [3.8, 4) is 0 Å². The summed E-state index contributed by atoms with van der Waals surface area (Å²) >= 11 is 6.05. The van der Waals surface area contributed by atoms with Crippen LogP contribution in [0.5, 0.6) is 0 Å². The van der Waals surface area contributed by atoms with E-state index in [1.54, 1.807) is 36.4 Å². The highest BCUT2D eigenvalue weighted by molar-refractivity contribution is 7.90. The van der Waals surface area contributed by atoms with E-state index in [4.69, 9.17) is 17.3 Å². The monoisotopic (exact) mass is 307 g/mol. The number of amidine groups is 1. The minimum absolute atomic E-state index is 0.183. The van der Waals surface area contributed by atoms with Gasteiger partial charge in [-0.05, 0) is 30.3 Å². The predicted octanol–water partition coefficient (Wildman–Crippen LogP) is 2.48. The Kier molecular flexibility index (Phi) is 2.92. The molecule has 0 atom stereocenters. The number of nitrogens with zero attached hydrogens (tertiary/aromatic N) is 1. The number of hydrogen-bond donors (Lipinski definition) is 2. The van der Waals surface area contributed by atoms with Crippen LogP contribution in [-0.2, 0) is 10.0 Å². The summed E-state index contributed by atoms with van der Waals surface area (Å²) < 4.78 is 27.6. The maximum atomic E-state index is 11.9. The Morgan fingerprint density at radius 3 is 2.70 bits per heavy atom. The molecule has 7 heteroatoms. The number of nitrogens with one attached hydrogen (secondary N) is 1. The van der Waals surface area contributed by atoms with Crippen LogP contribution in [0.2, 0.25) is 5.02 Å². The van der Waals surface area contributed by atoms with Crippen molar-refractivity contribution in [2.45, 2.75) is 4.90 Å². The topological polar surface area (TPSA) is 84.5 Å². The maximum absolute atomic E-state index is 11.9. The number of benzene rings is 2. The number of rotatable bonds is 1. The molecule has 1 aliphatic heterocycles. The first kappa shape index (κ1) is 13.0. The molecule has 0 amide bonds. The average molecular weight is 308 g/mol. The molecule has 1 heterocycles. The van der Waals surface area contributed by atoms with Crippen LogP contribution in [-0.4, -0.2) is 14.3 Å².